The highest BCUT2D eigenvalue weighted by molar-refractivity contribution is 6.33. The summed E-state index contributed by atoms with van der Waals surface area (Å²) in [6.45, 7) is 14.1. The average molecular weight is 803 g/mol. The van der Waals surface area contributed by atoms with E-state index < -0.39 is 0 Å². The van der Waals surface area contributed by atoms with Crippen molar-refractivity contribution in [2.45, 2.75) is 57.8 Å². The minimum atomic E-state index is -0.0916. The number of fused-ring (bicyclic) bond motifs is 4. The molecule has 0 atom stereocenters. The zero-order chi connectivity index (χ0) is 42.1. The monoisotopic (exact) mass is 802 g/mol. The van der Waals surface area contributed by atoms with Gasteiger partial charge in [0.15, 0.2) is 0 Å². The van der Waals surface area contributed by atoms with Crippen molar-refractivity contribution in [3.05, 3.63) is 203 Å². The van der Waals surface area contributed by atoms with Crippen LogP contribution in [0.3, 0.4) is 0 Å². The summed E-state index contributed by atoms with van der Waals surface area (Å²) >= 11 is 0. The molecule has 0 heterocycles. The van der Waals surface area contributed by atoms with E-state index >= 15 is 0 Å². The Morgan fingerprint density at radius 2 is 0.873 bits per heavy atom. The van der Waals surface area contributed by atoms with Crippen molar-refractivity contribution in [1.29, 1.82) is 0 Å². The fourth-order valence-corrected chi connectivity index (χ4v) is 13.1. The standard InChI is InChI=1S/C63H46/c1-35-13-8-23-49-44-28-26-37(34-56(44)63(4,5)61(35)49)51-30-39-15-12-22-48-53(32-41-17-10-20-46(51)58(41)60(39)48)52-31-40-16-9-19-45-50(29-38-14-11-21-47(52)59(38)57(40)45)36-25-27-43-42-18-6-7-24-54(42)62(2,3)55(43)33-36/h6,8-12,14-23,25-34H,1,7,13,24H2,2-5H3. The van der Waals surface area contributed by atoms with E-state index in [9.17, 15) is 0 Å². The third-order valence-electron chi connectivity index (χ3n) is 15.9. The number of rotatable bonds is 3. The highest BCUT2D eigenvalue weighted by atomic mass is 14.4. The van der Waals surface area contributed by atoms with Crippen molar-refractivity contribution in [2.75, 3.05) is 0 Å². The molecule has 0 saturated heterocycles. The smallest absolute Gasteiger partial charge is 0.0161 e. The van der Waals surface area contributed by atoms with Gasteiger partial charge in [-0.15, -0.1) is 0 Å². The Labute approximate surface area is 368 Å². The van der Waals surface area contributed by atoms with Gasteiger partial charge in [0, 0.05) is 10.8 Å². The van der Waals surface area contributed by atoms with E-state index in [1.54, 1.807) is 5.57 Å². The summed E-state index contributed by atoms with van der Waals surface area (Å²) in [7, 11) is 0. The molecule has 0 saturated carbocycles. The Kier molecular flexibility index (Phi) is 6.84. The number of hydrogen-bond donors (Lipinski definition) is 0. The molecule has 0 N–H and O–H groups in total. The molecule has 0 spiro atoms. The normalized spacial score (nSPS) is 17.4. The van der Waals surface area contributed by atoms with Crippen LogP contribution in [-0.4, -0.2) is 0 Å². The molecule has 0 aliphatic heterocycles. The average Bonchev–Trinajstić information content (AvgIpc) is 3.68. The SMILES string of the molecule is C=C1CC=CC2=C1C(C)(C)c1cc(-c3cc4cccc5c(-c6cc7cccc8c(-c9ccc%10c(c9)C(C)(C)C9=C%10C=CCC9)cc9cccc6c9c78)cc6cccc3c6c45)ccc12. The molecule has 10 aromatic rings. The van der Waals surface area contributed by atoms with Crippen LogP contribution in [0.15, 0.2) is 181 Å². The van der Waals surface area contributed by atoms with Crippen molar-refractivity contribution in [3.8, 4) is 33.4 Å². The molecule has 0 bridgehead atoms. The van der Waals surface area contributed by atoms with E-state index in [1.165, 1.54) is 143 Å². The maximum Gasteiger partial charge on any atom is 0.0161 e. The number of allylic oxidation sites excluding steroid dienone is 9. The first-order chi connectivity index (χ1) is 30.7. The lowest BCUT2D eigenvalue weighted by atomic mass is 9.76. The van der Waals surface area contributed by atoms with Crippen LogP contribution in [0.2, 0.25) is 0 Å². The second kappa shape index (κ2) is 12.1. The molecule has 298 valence electrons. The molecule has 0 nitrogen and oxygen atoms in total. The fraction of sp³-hybridized carbons (Fsp3) is 0.143. The molecule has 0 aromatic heterocycles. The van der Waals surface area contributed by atoms with Crippen LogP contribution in [0.4, 0.5) is 0 Å². The molecule has 0 heteroatoms. The highest BCUT2D eigenvalue weighted by Crippen LogP contribution is 2.55. The van der Waals surface area contributed by atoms with Crippen molar-refractivity contribution >= 4 is 75.8 Å². The summed E-state index contributed by atoms with van der Waals surface area (Å²) in [5.74, 6) is 0. The lowest BCUT2D eigenvalue weighted by Crippen LogP contribution is -2.19. The lowest BCUT2D eigenvalue weighted by Gasteiger charge is -2.27. The van der Waals surface area contributed by atoms with Gasteiger partial charge in [-0.25, -0.2) is 0 Å². The van der Waals surface area contributed by atoms with Crippen LogP contribution in [-0.2, 0) is 10.8 Å². The Morgan fingerprint density at radius 3 is 1.40 bits per heavy atom. The quantitative estimate of drug-likeness (QED) is 0.156. The van der Waals surface area contributed by atoms with E-state index in [2.05, 4.69) is 192 Å². The summed E-state index contributed by atoms with van der Waals surface area (Å²) in [6.07, 6.45) is 12.5. The minimum Gasteiger partial charge on any atom is -0.0952 e. The lowest BCUT2D eigenvalue weighted by molar-refractivity contribution is 0.607. The van der Waals surface area contributed by atoms with Gasteiger partial charge in [0.1, 0.15) is 0 Å². The fourth-order valence-electron chi connectivity index (χ4n) is 13.1. The van der Waals surface area contributed by atoms with Crippen molar-refractivity contribution in [2.24, 2.45) is 0 Å². The zero-order valence-corrected chi connectivity index (χ0v) is 36.3. The van der Waals surface area contributed by atoms with Gasteiger partial charge >= 0.3 is 0 Å². The summed E-state index contributed by atoms with van der Waals surface area (Å²) in [5.41, 5.74) is 20.4. The Bertz CT molecular complexity index is 3870. The summed E-state index contributed by atoms with van der Waals surface area (Å²) < 4.78 is 0. The molecule has 4 aliphatic rings. The van der Waals surface area contributed by atoms with Crippen LogP contribution in [0.1, 0.15) is 69.2 Å². The van der Waals surface area contributed by atoms with Gasteiger partial charge in [0.05, 0.1) is 0 Å². The molecular weight excluding hydrogens is 757 g/mol. The predicted molar refractivity (Wildman–Crippen MR) is 271 cm³/mol. The van der Waals surface area contributed by atoms with Gasteiger partial charge in [-0.2, -0.15) is 0 Å². The topological polar surface area (TPSA) is 0 Å². The van der Waals surface area contributed by atoms with Crippen molar-refractivity contribution in [1.82, 2.24) is 0 Å². The molecule has 14 rings (SSSR count). The van der Waals surface area contributed by atoms with Crippen molar-refractivity contribution in [3.63, 3.8) is 0 Å². The van der Waals surface area contributed by atoms with Crippen LogP contribution in [0, 0.1) is 0 Å². The molecular formula is C63H46. The van der Waals surface area contributed by atoms with E-state index in [1.807, 2.05) is 0 Å². The van der Waals surface area contributed by atoms with Gasteiger partial charge in [-0.1, -0.05) is 161 Å². The first-order valence-corrected chi connectivity index (χ1v) is 22.9. The largest absolute Gasteiger partial charge is 0.0952 e. The second-order valence-electron chi connectivity index (χ2n) is 19.9. The Hall–Kier alpha value is -7.02. The Morgan fingerprint density at radius 1 is 0.429 bits per heavy atom. The van der Waals surface area contributed by atoms with E-state index in [4.69, 9.17) is 0 Å². The van der Waals surface area contributed by atoms with E-state index in [0.717, 1.165) is 19.3 Å². The molecule has 0 radical (unpaired) electrons. The Balaban J connectivity index is 0.954. The van der Waals surface area contributed by atoms with Crippen LogP contribution in [0.5, 0.6) is 0 Å². The highest BCUT2D eigenvalue weighted by Gasteiger charge is 2.40. The molecule has 63 heavy (non-hydrogen) atoms. The second-order valence-corrected chi connectivity index (χ2v) is 19.9. The predicted octanol–water partition coefficient (Wildman–Crippen LogP) is 17.4. The maximum absolute atomic E-state index is 4.50. The number of hydrogen-bond acceptors (Lipinski definition) is 0. The van der Waals surface area contributed by atoms with Crippen LogP contribution >= 0.6 is 0 Å². The molecule has 10 aromatic carbocycles. The zero-order valence-electron chi connectivity index (χ0n) is 36.3. The number of benzene rings is 10. The van der Waals surface area contributed by atoms with Crippen LogP contribution in [0.25, 0.3) is 109 Å². The molecule has 4 aliphatic carbocycles. The first kappa shape index (κ1) is 35.6. The van der Waals surface area contributed by atoms with Crippen LogP contribution < -0.4 is 0 Å². The molecule has 0 fully saturated rings. The third kappa shape index (κ3) is 4.56. The maximum atomic E-state index is 4.50. The third-order valence-corrected chi connectivity index (χ3v) is 15.9. The van der Waals surface area contributed by atoms with Crippen molar-refractivity contribution < 1.29 is 0 Å². The van der Waals surface area contributed by atoms with Gasteiger partial charge in [0.25, 0.3) is 0 Å². The first-order valence-electron chi connectivity index (χ1n) is 22.9. The minimum absolute atomic E-state index is 0.0326. The van der Waals surface area contributed by atoms with Gasteiger partial charge in [-0.05, 0) is 198 Å². The van der Waals surface area contributed by atoms with Gasteiger partial charge < -0.3 is 0 Å². The summed E-state index contributed by atoms with van der Waals surface area (Å²) in [5, 5.41) is 15.8. The van der Waals surface area contributed by atoms with Gasteiger partial charge in [0.2, 0.25) is 0 Å². The van der Waals surface area contributed by atoms with E-state index in [0.29, 0.717) is 0 Å². The summed E-state index contributed by atoms with van der Waals surface area (Å²) in [6, 6.07) is 52.1. The van der Waals surface area contributed by atoms with E-state index in [-0.39, 0.29) is 10.8 Å². The molecule has 0 amide bonds. The molecule has 0 unspecified atom stereocenters. The summed E-state index contributed by atoms with van der Waals surface area (Å²) in [4.78, 5) is 0. The van der Waals surface area contributed by atoms with Gasteiger partial charge in [-0.3, -0.25) is 0 Å².